The Bertz CT molecular complexity index is 360. The van der Waals surface area contributed by atoms with E-state index in [-0.39, 0.29) is 11.8 Å². The van der Waals surface area contributed by atoms with Gasteiger partial charge in [0.1, 0.15) is 5.75 Å². The Labute approximate surface area is 102 Å². The van der Waals surface area contributed by atoms with Gasteiger partial charge in [0, 0.05) is 20.6 Å². The predicted molar refractivity (Wildman–Crippen MR) is 68.1 cm³/mol. The summed E-state index contributed by atoms with van der Waals surface area (Å²) in [5, 5.41) is 0. The average Bonchev–Trinajstić information content (AvgIpc) is 2.32. The van der Waals surface area contributed by atoms with E-state index in [9.17, 15) is 4.79 Å². The van der Waals surface area contributed by atoms with E-state index in [0.717, 1.165) is 11.3 Å². The summed E-state index contributed by atoms with van der Waals surface area (Å²) in [6, 6.07) is 7.52. The molecule has 1 atom stereocenters. The molecular formula is C13H20N2O2. The molecule has 4 heteroatoms. The highest BCUT2D eigenvalue weighted by Crippen LogP contribution is 2.20. The summed E-state index contributed by atoms with van der Waals surface area (Å²) in [6.07, 6.45) is 0. The number of nitrogens with zero attached hydrogens (tertiary/aromatic N) is 1. The third-order valence-corrected chi connectivity index (χ3v) is 2.57. The van der Waals surface area contributed by atoms with Crippen molar-refractivity contribution in [3.05, 3.63) is 29.8 Å². The molecule has 2 N–H and O–H groups in total. The van der Waals surface area contributed by atoms with E-state index in [1.807, 2.05) is 31.2 Å². The van der Waals surface area contributed by atoms with Gasteiger partial charge in [0.05, 0.1) is 12.5 Å². The van der Waals surface area contributed by atoms with Crippen molar-refractivity contribution < 1.29 is 9.53 Å². The topological polar surface area (TPSA) is 55.6 Å². The SMILES string of the molecule is CCOc1ccc(C(CN)C(=O)N(C)C)cc1. The number of benzene rings is 1. The molecule has 17 heavy (non-hydrogen) atoms. The van der Waals surface area contributed by atoms with Crippen molar-refractivity contribution in [1.82, 2.24) is 4.90 Å². The molecule has 0 aromatic heterocycles. The first-order valence-electron chi connectivity index (χ1n) is 5.74. The van der Waals surface area contributed by atoms with E-state index in [1.54, 1.807) is 19.0 Å². The fraction of sp³-hybridized carbons (Fsp3) is 0.462. The van der Waals surface area contributed by atoms with Gasteiger partial charge in [-0.1, -0.05) is 12.1 Å². The lowest BCUT2D eigenvalue weighted by atomic mass is 9.98. The van der Waals surface area contributed by atoms with Crippen LogP contribution in [0.25, 0.3) is 0 Å². The molecule has 0 aliphatic carbocycles. The molecule has 0 heterocycles. The maximum Gasteiger partial charge on any atom is 0.230 e. The lowest BCUT2D eigenvalue weighted by molar-refractivity contribution is -0.130. The van der Waals surface area contributed by atoms with Crippen LogP contribution in [0, 0.1) is 0 Å². The van der Waals surface area contributed by atoms with Crippen LogP contribution in [0.15, 0.2) is 24.3 Å². The van der Waals surface area contributed by atoms with E-state index >= 15 is 0 Å². The van der Waals surface area contributed by atoms with E-state index in [4.69, 9.17) is 10.5 Å². The zero-order valence-corrected chi connectivity index (χ0v) is 10.6. The lowest BCUT2D eigenvalue weighted by Gasteiger charge is -2.19. The molecule has 1 aromatic carbocycles. The number of rotatable bonds is 5. The van der Waals surface area contributed by atoms with Crippen LogP contribution in [0.2, 0.25) is 0 Å². The fourth-order valence-electron chi connectivity index (χ4n) is 1.65. The maximum absolute atomic E-state index is 11.9. The molecule has 0 aliphatic rings. The van der Waals surface area contributed by atoms with Crippen molar-refractivity contribution in [1.29, 1.82) is 0 Å². The number of hydrogen-bond acceptors (Lipinski definition) is 3. The Morgan fingerprint density at radius 3 is 2.35 bits per heavy atom. The standard InChI is InChI=1S/C13H20N2O2/c1-4-17-11-7-5-10(6-8-11)12(9-14)13(16)15(2)3/h5-8,12H,4,9,14H2,1-3H3. The predicted octanol–water partition coefficient (Wildman–Crippen LogP) is 1.22. The van der Waals surface area contributed by atoms with Crippen LogP contribution >= 0.6 is 0 Å². The van der Waals surface area contributed by atoms with Crippen LogP contribution in [0.5, 0.6) is 5.75 Å². The van der Waals surface area contributed by atoms with Crippen molar-refractivity contribution >= 4 is 5.91 Å². The maximum atomic E-state index is 11.9. The molecule has 0 bridgehead atoms. The average molecular weight is 236 g/mol. The summed E-state index contributed by atoms with van der Waals surface area (Å²) in [4.78, 5) is 13.5. The van der Waals surface area contributed by atoms with Crippen molar-refractivity contribution in [3.8, 4) is 5.75 Å². The number of likely N-dealkylation sites (N-methyl/N-ethyl adjacent to an activating group) is 1. The summed E-state index contributed by atoms with van der Waals surface area (Å²) >= 11 is 0. The molecule has 0 radical (unpaired) electrons. The van der Waals surface area contributed by atoms with Gasteiger partial charge in [-0.05, 0) is 24.6 Å². The monoisotopic (exact) mass is 236 g/mol. The van der Waals surface area contributed by atoms with Crippen molar-refractivity contribution in [2.24, 2.45) is 5.73 Å². The number of ether oxygens (including phenoxy) is 1. The van der Waals surface area contributed by atoms with Crippen molar-refractivity contribution in [2.45, 2.75) is 12.8 Å². The van der Waals surface area contributed by atoms with E-state index in [1.165, 1.54) is 0 Å². The third-order valence-electron chi connectivity index (χ3n) is 2.57. The van der Waals surface area contributed by atoms with Gasteiger partial charge >= 0.3 is 0 Å². The fourth-order valence-corrected chi connectivity index (χ4v) is 1.65. The molecule has 0 saturated heterocycles. The quantitative estimate of drug-likeness (QED) is 0.836. The van der Waals surface area contributed by atoms with Gasteiger partial charge in [-0.3, -0.25) is 4.79 Å². The highest BCUT2D eigenvalue weighted by Gasteiger charge is 2.20. The van der Waals surface area contributed by atoms with E-state index in [0.29, 0.717) is 13.2 Å². The van der Waals surface area contributed by atoms with Gasteiger partial charge < -0.3 is 15.4 Å². The van der Waals surface area contributed by atoms with Crippen molar-refractivity contribution in [2.75, 3.05) is 27.2 Å². The van der Waals surface area contributed by atoms with Crippen LogP contribution in [0.3, 0.4) is 0 Å². The van der Waals surface area contributed by atoms with Crippen LogP contribution in [0.4, 0.5) is 0 Å². The first-order chi connectivity index (χ1) is 8.10. The van der Waals surface area contributed by atoms with Gasteiger partial charge in [-0.25, -0.2) is 0 Å². The largest absolute Gasteiger partial charge is 0.494 e. The zero-order valence-electron chi connectivity index (χ0n) is 10.6. The molecule has 0 saturated carbocycles. The first kappa shape index (κ1) is 13.5. The van der Waals surface area contributed by atoms with Gasteiger partial charge in [-0.15, -0.1) is 0 Å². The molecule has 1 aromatic rings. The minimum atomic E-state index is -0.277. The van der Waals surface area contributed by atoms with Gasteiger partial charge in [0.2, 0.25) is 5.91 Å². The lowest BCUT2D eigenvalue weighted by Crippen LogP contribution is -2.32. The normalized spacial score (nSPS) is 12.0. The van der Waals surface area contributed by atoms with Crippen LogP contribution in [0.1, 0.15) is 18.4 Å². The second-order valence-electron chi connectivity index (χ2n) is 4.02. The Morgan fingerprint density at radius 2 is 1.94 bits per heavy atom. The smallest absolute Gasteiger partial charge is 0.230 e. The van der Waals surface area contributed by atoms with Crippen LogP contribution < -0.4 is 10.5 Å². The number of carbonyl (C=O) groups excluding carboxylic acids is 1. The summed E-state index contributed by atoms with van der Waals surface area (Å²) in [6.45, 7) is 2.88. The van der Waals surface area contributed by atoms with E-state index in [2.05, 4.69) is 0 Å². The van der Waals surface area contributed by atoms with Gasteiger partial charge in [0.15, 0.2) is 0 Å². The molecule has 1 amide bonds. The molecule has 94 valence electrons. The second-order valence-corrected chi connectivity index (χ2v) is 4.02. The van der Waals surface area contributed by atoms with Crippen LogP contribution in [-0.4, -0.2) is 38.1 Å². The molecule has 0 aliphatic heterocycles. The van der Waals surface area contributed by atoms with Gasteiger partial charge in [0.25, 0.3) is 0 Å². The minimum absolute atomic E-state index is 0.0247. The Hall–Kier alpha value is -1.55. The highest BCUT2D eigenvalue weighted by atomic mass is 16.5. The number of nitrogens with two attached hydrogens (primary N) is 1. The molecule has 1 unspecified atom stereocenters. The van der Waals surface area contributed by atoms with Gasteiger partial charge in [-0.2, -0.15) is 0 Å². The van der Waals surface area contributed by atoms with Crippen molar-refractivity contribution in [3.63, 3.8) is 0 Å². The summed E-state index contributed by atoms with van der Waals surface area (Å²) in [7, 11) is 3.47. The molecular weight excluding hydrogens is 216 g/mol. The van der Waals surface area contributed by atoms with E-state index < -0.39 is 0 Å². The number of carbonyl (C=O) groups is 1. The minimum Gasteiger partial charge on any atom is -0.494 e. The Balaban J connectivity index is 2.86. The second kappa shape index (κ2) is 6.25. The van der Waals surface area contributed by atoms with Crippen LogP contribution in [-0.2, 0) is 4.79 Å². The first-order valence-corrected chi connectivity index (χ1v) is 5.74. The summed E-state index contributed by atoms with van der Waals surface area (Å²) < 4.78 is 5.36. The molecule has 0 fully saturated rings. The molecule has 1 rings (SSSR count). The number of hydrogen-bond donors (Lipinski definition) is 1. The Kier molecular flexibility index (Phi) is 4.97. The highest BCUT2D eigenvalue weighted by molar-refractivity contribution is 5.83. The zero-order chi connectivity index (χ0) is 12.8. The molecule has 4 nitrogen and oxygen atoms in total. The number of amides is 1. The Morgan fingerprint density at radius 1 is 1.35 bits per heavy atom. The third kappa shape index (κ3) is 3.46. The summed E-state index contributed by atoms with van der Waals surface area (Å²) in [5.74, 6) is 0.557. The summed E-state index contributed by atoms with van der Waals surface area (Å²) in [5.41, 5.74) is 6.59. The molecule has 0 spiro atoms.